The van der Waals surface area contributed by atoms with E-state index in [9.17, 15) is 14.9 Å². The van der Waals surface area contributed by atoms with Crippen LogP contribution in [0.2, 0.25) is 0 Å². The van der Waals surface area contributed by atoms with Crippen molar-refractivity contribution in [3.8, 4) is 0 Å². The number of nitrogens with one attached hydrogen (secondary N) is 1. The van der Waals surface area contributed by atoms with Crippen molar-refractivity contribution in [1.29, 1.82) is 0 Å². The summed E-state index contributed by atoms with van der Waals surface area (Å²) in [7, 11) is 0. The van der Waals surface area contributed by atoms with Gasteiger partial charge in [-0.2, -0.15) is 0 Å². The van der Waals surface area contributed by atoms with E-state index in [2.05, 4.69) is 22.8 Å². The molecule has 0 saturated carbocycles. The molecule has 5 nitrogen and oxygen atoms in total. The predicted octanol–water partition coefficient (Wildman–Crippen LogP) is 4.50. The third-order valence-electron chi connectivity index (χ3n) is 3.88. The molecular weight excluding hydrogens is 356 g/mol. The summed E-state index contributed by atoms with van der Waals surface area (Å²) < 4.78 is 1.23. The summed E-state index contributed by atoms with van der Waals surface area (Å²) in [5.74, 6) is -0.296. The summed E-state index contributed by atoms with van der Waals surface area (Å²) >= 11 is 2.98. The molecule has 1 aromatic heterocycles. The minimum atomic E-state index is -0.458. The van der Waals surface area contributed by atoms with Gasteiger partial charge in [0.1, 0.15) is 0 Å². The fourth-order valence-electron chi connectivity index (χ4n) is 2.61. The summed E-state index contributed by atoms with van der Waals surface area (Å²) in [5.41, 5.74) is 1.47. The van der Waals surface area contributed by atoms with Crippen LogP contribution in [-0.4, -0.2) is 23.6 Å². The van der Waals surface area contributed by atoms with E-state index in [1.54, 1.807) is 29.7 Å². The van der Waals surface area contributed by atoms with Crippen molar-refractivity contribution in [2.24, 2.45) is 0 Å². The average molecular weight is 372 g/mol. The van der Waals surface area contributed by atoms with Crippen LogP contribution in [-0.2, 0) is 6.42 Å². The Balaban J connectivity index is 1.66. The van der Waals surface area contributed by atoms with Crippen LogP contribution in [0.15, 0.2) is 52.7 Å². The first-order valence-corrected chi connectivity index (χ1v) is 9.76. The molecule has 0 aliphatic heterocycles. The van der Waals surface area contributed by atoms with Crippen LogP contribution in [0.25, 0.3) is 10.1 Å². The molecule has 0 aliphatic rings. The summed E-state index contributed by atoms with van der Waals surface area (Å²) in [6.07, 6.45) is 2.49. The first kappa shape index (κ1) is 17.4. The highest BCUT2D eigenvalue weighted by molar-refractivity contribution is 7.98. The van der Waals surface area contributed by atoms with Gasteiger partial charge in [-0.25, -0.2) is 0 Å². The normalized spacial score (nSPS) is 10.8. The molecule has 1 N–H and O–H groups in total. The minimum Gasteiger partial charge on any atom is -0.352 e. The smallest absolute Gasteiger partial charge is 0.283 e. The highest BCUT2D eigenvalue weighted by Crippen LogP contribution is 2.28. The molecule has 0 fully saturated rings. The van der Waals surface area contributed by atoms with Crippen LogP contribution in [0.4, 0.5) is 5.69 Å². The molecule has 0 bridgehead atoms. The van der Waals surface area contributed by atoms with Crippen molar-refractivity contribution in [3.05, 3.63) is 69.1 Å². The number of thiophene rings is 1. The van der Waals surface area contributed by atoms with Gasteiger partial charge in [-0.05, 0) is 47.2 Å². The van der Waals surface area contributed by atoms with E-state index >= 15 is 0 Å². The van der Waals surface area contributed by atoms with Crippen LogP contribution < -0.4 is 5.32 Å². The zero-order valence-corrected chi connectivity index (χ0v) is 15.2. The Morgan fingerprint density at radius 1 is 1.28 bits per heavy atom. The number of hydrogen-bond acceptors (Lipinski definition) is 5. The lowest BCUT2D eigenvalue weighted by Gasteiger charge is -2.06. The van der Waals surface area contributed by atoms with Crippen molar-refractivity contribution in [3.63, 3.8) is 0 Å². The molecule has 7 heteroatoms. The Kier molecular flexibility index (Phi) is 5.35. The molecule has 128 valence electrons. The molecule has 3 rings (SSSR count). The second kappa shape index (κ2) is 7.67. The molecule has 3 aromatic rings. The van der Waals surface area contributed by atoms with Crippen LogP contribution in [0, 0.1) is 10.1 Å². The van der Waals surface area contributed by atoms with Gasteiger partial charge in [0.05, 0.1) is 9.82 Å². The number of carbonyl (C=O) groups excluding carboxylic acids is 1. The van der Waals surface area contributed by atoms with Gasteiger partial charge in [0.2, 0.25) is 0 Å². The van der Waals surface area contributed by atoms with Gasteiger partial charge < -0.3 is 5.32 Å². The Morgan fingerprint density at radius 3 is 2.84 bits per heavy atom. The molecule has 0 unspecified atom stereocenters. The zero-order chi connectivity index (χ0) is 17.8. The Morgan fingerprint density at radius 2 is 2.08 bits per heavy atom. The highest BCUT2D eigenvalue weighted by Gasteiger charge is 2.17. The lowest BCUT2D eigenvalue weighted by molar-refractivity contribution is -0.387. The number of rotatable bonds is 6. The van der Waals surface area contributed by atoms with Crippen LogP contribution in [0.1, 0.15) is 15.9 Å². The second-order valence-corrected chi connectivity index (χ2v) is 7.17. The Labute approximate surface area is 153 Å². The van der Waals surface area contributed by atoms with Crippen molar-refractivity contribution in [1.82, 2.24) is 5.32 Å². The molecular formula is C18H16N2O3S2. The van der Waals surface area contributed by atoms with Crippen molar-refractivity contribution in [2.45, 2.75) is 11.3 Å². The van der Waals surface area contributed by atoms with E-state index < -0.39 is 4.92 Å². The van der Waals surface area contributed by atoms with Crippen LogP contribution in [0.5, 0.6) is 0 Å². The van der Waals surface area contributed by atoms with Gasteiger partial charge in [0, 0.05) is 22.9 Å². The van der Waals surface area contributed by atoms with Crippen LogP contribution >= 0.6 is 23.1 Å². The lowest BCUT2D eigenvalue weighted by Crippen LogP contribution is -2.25. The van der Waals surface area contributed by atoms with Gasteiger partial charge in [0.15, 0.2) is 0 Å². The topological polar surface area (TPSA) is 72.2 Å². The fourth-order valence-corrected chi connectivity index (χ4v) is 4.16. The van der Waals surface area contributed by atoms with E-state index in [0.717, 1.165) is 6.42 Å². The summed E-state index contributed by atoms with van der Waals surface area (Å²) in [5, 5.41) is 17.3. The minimum absolute atomic E-state index is 0.0380. The monoisotopic (exact) mass is 372 g/mol. The maximum absolute atomic E-state index is 12.3. The summed E-state index contributed by atoms with van der Waals surface area (Å²) in [4.78, 5) is 23.5. The van der Waals surface area contributed by atoms with E-state index in [1.807, 2.05) is 12.1 Å². The SMILES string of the molecule is CSc1ccc(C(=O)NCCc2csc3ccccc23)cc1[N+](=O)[O-]. The molecule has 1 heterocycles. The zero-order valence-electron chi connectivity index (χ0n) is 13.5. The van der Waals surface area contributed by atoms with E-state index in [-0.39, 0.29) is 11.6 Å². The third-order valence-corrected chi connectivity index (χ3v) is 5.68. The summed E-state index contributed by atoms with van der Waals surface area (Å²) in [6, 6.07) is 12.7. The molecule has 25 heavy (non-hydrogen) atoms. The molecule has 0 spiro atoms. The largest absolute Gasteiger partial charge is 0.352 e. The number of carbonyl (C=O) groups is 1. The Bertz CT molecular complexity index is 937. The third kappa shape index (κ3) is 3.83. The van der Waals surface area contributed by atoms with Crippen LogP contribution in [0.3, 0.4) is 0 Å². The number of amides is 1. The predicted molar refractivity (Wildman–Crippen MR) is 103 cm³/mol. The van der Waals surface area contributed by atoms with E-state index in [1.165, 1.54) is 33.5 Å². The quantitative estimate of drug-likeness (QED) is 0.393. The number of nitro benzene ring substituents is 1. The van der Waals surface area contributed by atoms with Crippen molar-refractivity contribution >= 4 is 44.8 Å². The number of nitro groups is 1. The van der Waals surface area contributed by atoms with Gasteiger partial charge >= 0.3 is 0 Å². The molecule has 2 aromatic carbocycles. The second-order valence-electron chi connectivity index (χ2n) is 5.41. The maximum atomic E-state index is 12.3. The first-order chi connectivity index (χ1) is 12.1. The van der Waals surface area contributed by atoms with Crippen molar-refractivity contribution in [2.75, 3.05) is 12.8 Å². The number of nitrogens with zero attached hydrogens (tertiary/aromatic N) is 1. The molecule has 0 aliphatic carbocycles. The molecule has 0 saturated heterocycles. The summed E-state index contributed by atoms with van der Waals surface area (Å²) in [6.45, 7) is 0.484. The lowest BCUT2D eigenvalue weighted by atomic mass is 10.1. The Hall–Kier alpha value is -2.38. The van der Waals surface area contributed by atoms with Gasteiger partial charge in [-0.1, -0.05) is 18.2 Å². The van der Waals surface area contributed by atoms with Gasteiger partial charge in [-0.15, -0.1) is 23.1 Å². The van der Waals surface area contributed by atoms with Gasteiger partial charge in [-0.3, -0.25) is 14.9 Å². The first-order valence-electron chi connectivity index (χ1n) is 7.66. The van der Waals surface area contributed by atoms with Gasteiger partial charge in [0.25, 0.3) is 11.6 Å². The van der Waals surface area contributed by atoms with E-state index in [0.29, 0.717) is 17.0 Å². The molecule has 0 radical (unpaired) electrons. The molecule has 0 atom stereocenters. The highest BCUT2D eigenvalue weighted by atomic mass is 32.2. The fraction of sp³-hybridized carbons (Fsp3) is 0.167. The number of fused-ring (bicyclic) bond motifs is 1. The maximum Gasteiger partial charge on any atom is 0.283 e. The number of hydrogen-bond donors (Lipinski definition) is 1. The van der Waals surface area contributed by atoms with Crippen molar-refractivity contribution < 1.29 is 9.72 Å². The number of thioether (sulfide) groups is 1. The number of benzene rings is 2. The van der Waals surface area contributed by atoms with E-state index in [4.69, 9.17) is 0 Å². The average Bonchev–Trinajstić information content (AvgIpc) is 3.04. The standard InChI is InChI=1S/C18H16N2O3S2/c1-24-17-7-6-12(10-15(17)20(22)23)18(21)19-9-8-13-11-25-16-5-3-2-4-14(13)16/h2-7,10-11H,8-9H2,1H3,(H,19,21). The molecule has 1 amide bonds.